The van der Waals surface area contributed by atoms with Gasteiger partial charge in [-0.2, -0.15) is 13.2 Å². The third-order valence-electron chi connectivity index (χ3n) is 3.55. The number of methoxy groups -OCH3 is 1. The molecule has 1 aromatic carbocycles. The summed E-state index contributed by atoms with van der Waals surface area (Å²) in [5.41, 5.74) is -0.441. The Morgan fingerprint density at radius 1 is 1.48 bits per heavy atom. The fourth-order valence-corrected chi connectivity index (χ4v) is 2.36. The maximum atomic E-state index is 13.6. The highest BCUT2D eigenvalue weighted by Crippen LogP contribution is 2.34. The number of amides is 2. The molecule has 1 aliphatic heterocycles. The Hall–Kier alpha value is -2.03. The zero-order chi connectivity index (χ0) is 17.2. The molecule has 0 radical (unpaired) electrons. The number of aliphatic hydroxyl groups excluding tert-OH is 1. The van der Waals surface area contributed by atoms with Crippen molar-refractivity contribution in [2.45, 2.75) is 24.7 Å². The summed E-state index contributed by atoms with van der Waals surface area (Å²) in [6.45, 7) is 0.127. The van der Waals surface area contributed by atoms with Crippen molar-refractivity contribution in [3.05, 3.63) is 29.6 Å². The van der Waals surface area contributed by atoms with Crippen LogP contribution < -0.4 is 10.1 Å². The van der Waals surface area contributed by atoms with E-state index in [2.05, 4.69) is 4.74 Å². The molecule has 1 heterocycles. The largest absolute Gasteiger partial charge is 0.494 e. The molecule has 1 aromatic rings. The van der Waals surface area contributed by atoms with Gasteiger partial charge in [0.25, 0.3) is 0 Å². The lowest BCUT2D eigenvalue weighted by atomic mass is 10.1. The van der Waals surface area contributed by atoms with Crippen LogP contribution in [0, 0.1) is 5.82 Å². The molecule has 128 valence electrons. The summed E-state index contributed by atoms with van der Waals surface area (Å²) in [5.74, 6) is -1.14. The van der Waals surface area contributed by atoms with Crippen molar-refractivity contribution in [3.8, 4) is 5.75 Å². The number of hydrogen-bond donors (Lipinski definition) is 2. The number of halogens is 4. The van der Waals surface area contributed by atoms with Crippen LogP contribution in [0.3, 0.4) is 0 Å². The molecule has 2 N–H and O–H groups in total. The van der Waals surface area contributed by atoms with E-state index in [0.29, 0.717) is 12.5 Å². The Labute approximate surface area is 129 Å². The van der Waals surface area contributed by atoms with Crippen molar-refractivity contribution in [1.29, 1.82) is 0 Å². The zero-order valence-corrected chi connectivity index (χ0v) is 12.2. The number of nitrogens with zero attached hydrogens (tertiary/aromatic N) is 1. The first kappa shape index (κ1) is 17.3. The number of ether oxygens (including phenoxy) is 1. The van der Waals surface area contributed by atoms with E-state index in [-0.39, 0.29) is 18.8 Å². The quantitative estimate of drug-likeness (QED) is 0.832. The summed E-state index contributed by atoms with van der Waals surface area (Å²) in [6, 6.07) is -0.530. The minimum Gasteiger partial charge on any atom is -0.494 e. The molecule has 2 atom stereocenters. The Bertz CT molecular complexity index is 580. The Morgan fingerprint density at radius 2 is 2.17 bits per heavy atom. The molecule has 1 aliphatic rings. The van der Waals surface area contributed by atoms with Crippen LogP contribution >= 0.6 is 0 Å². The van der Waals surface area contributed by atoms with Gasteiger partial charge >= 0.3 is 12.2 Å². The highest BCUT2D eigenvalue weighted by Gasteiger charge is 2.43. The molecule has 0 spiro atoms. The molecule has 2 amide bonds. The Morgan fingerprint density at radius 3 is 2.65 bits per heavy atom. The first-order chi connectivity index (χ1) is 10.7. The number of rotatable bonds is 3. The van der Waals surface area contributed by atoms with Crippen LogP contribution in [0.4, 0.5) is 22.4 Å². The number of likely N-dealkylation sites (tertiary alicyclic amines) is 1. The van der Waals surface area contributed by atoms with E-state index in [9.17, 15) is 27.5 Å². The summed E-state index contributed by atoms with van der Waals surface area (Å²) < 4.78 is 57.9. The van der Waals surface area contributed by atoms with E-state index in [4.69, 9.17) is 0 Å². The van der Waals surface area contributed by atoms with Gasteiger partial charge in [-0.15, -0.1) is 0 Å². The van der Waals surface area contributed by atoms with E-state index >= 15 is 0 Å². The van der Waals surface area contributed by atoms with Crippen LogP contribution in [-0.2, 0) is 0 Å². The first-order valence-corrected chi connectivity index (χ1v) is 6.86. The Kier molecular flexibility index (Phi) is 4.98. The molecule has 9 heteroatoms. The van der Waals surface area contributed by atoms with Crippen molar-refractivity contribution < 1.29 is 32.2 Å². The predicted molar refractivity (Wildman–Crippen MR) is 72.5 cm³/mol. The van der Waals surface area contributed by atoms with Gasteiger partial charge in [-0.3, -0.25) is 0 Å². The van der Waals surface area contributed by atoms with Gasteiger partial charge in [-0.05, 0) is 24.1 Å². The molecule has 0 bridgehead atoms. The van der Waals surface area contributed by atoms with Gasteiger partial charge < -0.3 is 20.1 Å². The number of carbonyl (C=O) groups excluding carboxylic acids is 1. The molecule has 1 fully saturated rings. The smallest absolute Gasteiger partial charge is 0.412 e. The van der Waals surface area contributed by atoms with Crippen LogP contribution in [0.25, 0.3) is 0 Å². The van der Waals surface area contributed by atoms with Crippen molar-refractivity contribution in [2.24, 2.45) is 0 Å². The molecule has 0 aromatic heterocycles. The maximum absolute atomic E-state index is 13.6. The van der Waals surface area contributed by atoms with Crippen molar-refractivity contribution in [1.82, 2.24) is 10.2 Å². The highest BCUT2D eigenvalue weighted by atomic mass is 19.4. The van der Waals surface area contributed by atoms with Crippen molar-refractivity contribution in [2.75, 3.05) is 20.2 Å². The number of urea groups is 1. The van der Waals surface area contributed by atoms with E-state index in [0.717, 1.165) is 17.0 Å². The van der Waals surface area contributed by atoms with Gasteiger partial charge in [0.1, 0.15) is 0 Å². The van der Waals surface area contributed by atoms with Crippen LogP contribution in [0.5, 0.6) is 5.75 Å². The number of alkyl halides is 3. The van der Waals surface area contributed by atoms with Crippen molar-refractivity contribution in [3.63, 3.8) is 0 Å². The summed E-state index contributed by atoms with van der Waals surface area (Å²) in [7, 11) is 1.19. The molecule has 23 heavy (non-hydrogen) atoms. The van der Waals surface area contributed by atoms with Gasteiger partial charge in [0.15, 0.2) is 17.6 Å². The van der Waals surface area contributed by atoms with Gasteiger partial charge in [0.05, 0.1) is 13.2 Å². The Balaban J connectivity index is 2.21. The fourth-order valence-electron chi connectivity index (χ4n) is 2.36. The number of β-amino-alcohol motifs (C(OH)–C–C–N with tert-alkyl or cyclic N) is 1. The fraction of sp³-hybridized carbons (Fsp3) is 0.500. The second kappa shape index (κ2) is 6.61. The monoisotopic (exact) mass is 336 g/mol. The number of nitrogens with one attached hydrogen (secondary N) is 1. The van der Waals surface area contributed by atoms with E-state index in [1.807, 2.05) is 5.32 Å². The first-order valence-electron chi connectivity index (χ1n) is 6.86. The molecule has 1 unspecified atom stereocenters. The van der Waals surface area contributed by atoms with Gasteiger partial charge in [0.2, 0.25) is 0 Å². The SMILES string of the molecule is COc1ccc(C(NC(=O)N2CC[C@H](O)C2)C(F)(F)F)cc1F. The topological polar surface area (TPSA) is 61.8 Å². The molecule has 0 saturated carbocycles. The van der Waals surface area contributed by atoms with Gasteiger partial charge in [0, 0.05) is 13.1 Å². The minimum absolute atomic E-state index is 0.0343. The number of benzene rings is 1. The molecule has 0 aliphatic carbocycles. The van der Waals surface area contributed by atoms with Crippen LogP contribution in [-0.4, -0.2) is 48.5 Å². The third-order valence-corrected chi connectivity index (χ3v) is 3.55. The lowest BCUT2D eigenvalue weighted by molar-refractivity contribution is -0.155. The predicted octanol–water partition coefficient (Wildman–Crippen LogP) is 2.21. The normalized spacial score (nSPS) is 19.6. The number of carbonyl (C=O) groups is 1. The molecule has 2 rings (SSSR count). The maximum Gasteiger partial charge on any atom is 0.412 e. The number of aliphatic hydroxyl groups is 1. The van der Waals surface area contributed by atoms with E-state index < -0.39 is 35.7 Å². The second-order valence-corrected chi connectivity index (χ2v) is 5.21. The number of hydrogen-bond acceptors (Lipinski definition) is 3. The third kappa shape index (κ3) is 4.04. The van der Waals surface area contributed by atoms with Crippen LogP contribution in [0.2, 0.25) is 0 Å². The second-order valence-electron chi connectivity index (χ2n) is 5.21. The van der Waals surface area contributed by atoms with Crippen LogP contribution in [0.15, 0.2) is 18.2 Å². The zero-order valence-electron chi connectivity index (χ0n) is 12.2. The van der Waals surface area contributed by atoms with Crippen LogP contribution in [0.1, 0.15) is 18.0 Å². The minimum atomic E-state index is -4.80. The lowest BCUT2D eigenvalue weighted by Crippen LogP contribution is -2.45. The molecule has 5 nitrogen and oxygen atoms in total. The summed E-state index contributed by atoms with van der Waals surface area (Å²) in [4.78, 5) is 13.0. The summed E-state index contributed by atoms with van der Waals surface area (Å²) in [5, 5.41) is 11.2. The summed E-state index contributed by atoms with van der Waals surface area (Å²) >= 11 is 0. The molecular formula is C14H16F4N2O3. The van der Waals surface area contributed by atoms with E-state index in [1.54, 1.807) is 0 Å². The highest BCUT2D eigenvalue weighted by molar-refractivity contribution is 5.75. The average molecular weight is 336 g/mol. The van der Waals surface area contributed by atoms with E-state index in [1.165, 1.54) is 7.11 Å². The average Bonchev–Trinajstić information content (AvgIpc) is 2.90. The molecular weight excluding hydrogens is 320 g/mol. The summed E-state index contributed by atoms with van der Waals surface area (Å²) in [6.07, 6.45) is -5.24. The lowest BCUT2D eigenvalue weighted by Gasteiger charge is -2.25. The van der Waals surface area contributed by atoms with Crippen molar-refractivity contribution >= 4 is 6.03 Å². The molecule has 1 saturated heterocycles. The standard InChI is InChI=1S/C14H16F4N2O3/c1-23-11-3-2-8(6-10(11)15)12(14(16,17)18)19-13(22)20-5-4-9(21)7-20/h2-3,6,9,12,21H,4-5,7H2,1H3,(H,19,22)/t9-,12?/m0/s1. The van der Waals surface area contributed by atoms with Gasteiger partial charge in [-0.1, -0.05) is 6.07 Å². The van der Waals surface area contributed by atoms with Gasteiger partial charge in [-0.25, -0.2) is 9.18 Å².